The molecule has 0 N–H and O–H groups in total. The minimum atomic E-state index is 0.469. The Kier molecular flexibility index (Phi) is 6.14. The molecule has 0 atom stereocenters. The van der Waals surface area contributed by atoms with Gasteiger partial charge in [-0.05, 0) is 37.3 Å². The van der Waals surface area contributed by atoms with Gasteiger partial charge < -0.3 is 4.74 Å². The molecule has 4 heterocycles. The number of hydrogen-bond acceptors (Lipinski definition) is 6. The summed E-state index contributed by atoms with van der Waals surface area (Å²) in [6, 6.07) is 9.43. The van der Waals surface area contributed by atoms with Crippen molar-refractivity contribution in [3.8, 4) is 33.6 Å². The number of aromatic nitrogens is 6. The second-order valence-corrected chi connectivity index (χ2v) is 9.60. The second-order valence-electron chi connectivity index (χ2n) is 9.60. The first-order chi connectivity index (χ1) is 17.2. The summed E-state index contributed by atoms with van der Waals surface area (Å²) in [4.78, 5) is 11.9. The minimum Gasteiger partial charge on any atom is -0.379 e. The summed E-state index contributed by atoms with van der Waals surface area (Å²) in [5, 5.41) is 8.97. The molecule has 1 aliphatic carbocycles. The fraction of sp³-hybridized carbons (Fsp3) is 0.407. The maximum Gasteiger partial charge on any atom is 0.159 e. The highest BCUT2D eigenvalue weighted by Gasteiger charge is 2.28. The number of aryl methyl sites for hydroxylation is 1. The third kappa shape index (κ3) is 4.76. The number of rotatable bonds is 5. The minimum absolute atomic E-state index is 0.469. The van der Waals surface area contributed by atoms with E-state index in [4.69, 9.17) is 9.84 Å². The van der Waals surface area contributed by atoms with Gasteiger partial charge in [0.1, 0.15) is 0 Å². The van der Waals surface area contributed by atoms with Gasteiger partial charge in [-0.3, -0.25) is 14.3 Å². The van der Waals surface area contributed by atoms with Crippen LogP contribution in [-0.4, -0.2) is 66.8 Å². The molecule has 0 radical (unpaired) electrons. The maximum absolute atomic E-state index is 5.51. The zero-order chi connectivity index (χ0) is 23.6. The van der Waals surface area contributed by atoms with Gasteiger partial charge in [0.05, 0.1) is 31.6 Å². The molecular formula is C27H31N7O. The molecule has 2 fully saturated rings. The first-order valence-electron chi connectivity index (χ1n) is 12.5. The Balaban J connectivity index is 1.12. The van der Waals surface area contributed by atoms with Gasteiger partial charge in [0.25, 0.3) is 0 Å². The lowest BCUT2D eigenvalue weighted by Crippen LogP contribution is -2.45. The lowest BCUT2D eigenvalue weighted by Gasteiger charge is -2.38. The predicted octanol–water partition coefficient (Wildman–Crippen LogP) is 4.22. The molecule has 0 spiro atoms. The van der Waals surface area contributed by atoms with E-state index in [1.165, 1.54) is 25.7 Å². The summed E-state index contributed by atoms with van der Waals surface area (Å²) < 4.78 is 9.47. The molecule has 0 unspecified atom stereocenters. The van der Waals surface area contributed by atoms with Crippen molar-refractivity contribution < 1.29 is 4.74 Å². The van der Waals surface area contributed by atoms with Crippen LogP contribution in [0.5, 0.6) is 0 Å². The Morgan fingerprint density at radius 3 is 2.17 bits per heavy atom. The number of ether oxygens (including phenoxy) is 1. The van der Waals surface area contributed by atoms with E-state index in [2.05, 4.69) is 43.0 Å². The van der Waals surface area contributed by atoms with Crippen LogP contribution in [0.4, 0.5) is 0 Å². The summed E-state index contributed by atoms with van der Waals surface area (Å²) in [5.74, 6) is 0.716. The molecule has 35 heavy (non-hydrogen) atoms. The third-order valence-corrected chi connectivity index (χ3v) is 7.35. The topological polar surface area (TPSA) is 73.9 Å². The fourth-order valence-corrected chi connectivity index (χ4v) is 5.35. The van der Waals surface area contributed by atoms with Crippen LogP contribution in [0.25, 0.3) is 33.6 Å². The van der Waals surface area contributed by atoms with Gasteiger partial charge in [0, 0.05) is 73.2 Å². The lowest BCUT2D eigenvalue weighted by molar-refractivity contribution is 0.00507. The molecule has 1 saturated heterocycles. The summed E-state index contributed by atoms with van der Waals surface area (Å²) in [7, 11) is 1.92. The van der Waals surface area contributed by atoms with Crippen LogP contribution in [-0.2, 0) is 11.8 Å². The Morgan fingerprint density at radius 1 is 0.743 bits per heavy atom. The SMILES string of the molecule is Cn1cc(-c2cccc(-c3ncc(-c4cnn([C@H]5CC[C@H](N6CCOCC6)CC5)c4)cn3)c2)cn1. The van der Waals surface area contributed by atoms with Gasteiger partial charge in [0.2, 0.25) is 0 Å². The summed E-state index contributed by atoms with van der Waals surface area (Å²) >= 11 is 0. The zero-order valence-electron chi connectivity index (χ0n) is 20.1. The standard InChI is InChI=1S/C27H31N7O/c1-32-18-23(16-30-32)20-3-2-4-21(13-20)27-28-14-22(15-29-27)24-17-31-34(19-24)26-7-5-25(6-8-26)33-9-11-35-12-10-33/h2-4,13-19,25-26H,5-12H2,1H3/t25-,26-. The van der Waals surface area contributed by atoms with Crippen LogP contribution in [0.2, 0.25) is 0 Å². The molecule has 3 aromatic heterocycles. The van der Waals surface area contributed by atoms with E-state index in [1.54, 1.807) is 0 Å². The van der Waals surface area contributed by atoms with Crippen molar-refractivity contribution in [1.29, 1.82) is 0 Å². The third-order valence-electron chi connectivity index (χ3n) is 7.35. The molecule has 8 heteroatoms. The summed E-state index contributed by atoms with van der Waals surface area (Å²) in [5.41, 5.74) is 5.23. The Hall–Kier alpha value is -3.36. The van der Waals surface area contributed by atoms with Crippen molar-refractivity contribution in [3.05, 3.63) is 61.4 Å². The molecule has 8 nitrogen and oxygen atoms in total. The van der Waals surface area contributed by atoms with Crippen LogP contribution < -0.4 is 0 Å². The fourth-order valence-electron chi connectivity index (χ4n) is 5.35. The smallest absolute Gasteiger partial charge is 0.159 e. The number of hydrogen-bond donors (Lipinski definition) is 0. The first kappa shape index (κ1) is 22.1. The van der Waals surface area contributed by atoms with E-state index < -0.39 is 0 Å². The van der Waals surface area contributed by atoms with Gasteiger partial charge >= 0.3 is 0 Å². The van der Waals surface area contributed by atoms with Gasteiger partial charge in [-0.25, -0.2) is 9.97 Å². The van der Waals surface area contributed by atoms with E-state index >= 15 is 0 Å². The molecule has 6 rings (SSSR count). The van der Waals surface area contributed by atoms with Gasteiger partial charge in [-0.15, -0.1) is 0 Å². The van der Waals surface area contributed by atoms with Gasteiger partial charge in [0.15, 0.2) is 5.82 Å². The highest BCUT2D eigenvalue weighted by atomic mass is 16.5. The average molecular weight is 470 g/mol. The monoisotopic (exact) mass is 469 g/mol. The number of nitrogens with zero attached hydrogens (tertiary/aromatic N) is 7. The highest BCUT2D eigenvalue weighted by Crippen LogP contribution is 2.32. The second kappa shape index (κ2) is 9.71. The van der Waals surface area contributed by atoms with E-state index in [9.17, 15) is 0 Å². The highest BCUT2D eigenvalue weighted by molar-refractivity contribution is 5.70. The van der Waals surface area contributed by atoms with Crippen LogP contribution in [0.3, 0.4) is 0 Å². The van der Waals surface area contributed by atoms with Crippen molar-refractivity contribution >= 4 is 0 Å². The van der Waals surface area contributed by atoms with Crippen molar-refractivity contribution in [2.24, 2.45) is 7.05 Å². The molecule has 0 bridgehead atoms. The quantitative estimate of drug-likeness (QED) is 0.436. The van der Waals surface area contributed by atoms with Crippen molar-refractivity contribution in [2.45, 2.75) is 37.8 Å². The van der Waals surface area contributed by atoms with E-state index in [0.717, 1.165) is 54.1 Å². The van der Waals surface area contributed by atoms with E-state index in [-0.39, 0.29) is 0 Å². The molecule has 1 aromatic carbocycles. The molecule has 180 valence electrons. The Bertz CT molecular complexity index is 1260. The lowest BCUT2D eigenvalue weighted by atomic mass is 9.90. The number of morpholine rings is 1. The van der Waals surface area contributed by atoms with E-state index in [0.29, 0.717) is 17.9 Å². The molecule has 2 aliphatic rings. The first-order valence-corrected chi connectivity index (χ1v) is 12.5. The van der Waals surface area contributed by atoms with Gasteiger partial charge in [-0.1, -0.05) is 18.2 Å². The van der Waals surface area contributed by atoms with Crippen LogP contribution in [0.1, 0.15) is 31.7 Å². The van der Waals surface area contributed by atoms with Crippen LogP contribution in [0.15, 0.2) is 61.4 Å². The van der Waals surface area contributed by atoms with Crippen LogP contribution in [0, 0.1) is 0 Å². The van der Waals surface area contributed by atoms with Crippen molar-refractivity contribution in [2.75, 3.05) is 26.3 Å². The maximum atomic E-state index is 5.51. The Labute approximate surface area is 205 Å². The van der Waals surface area contributed by atoms with Crippen molar-refractivity contribution in [1.82, 2.24) is 34.4 Å². The summed E-state index contributed by atoms with van der Waals surface area (Å²) in [6.07, 6.45) is 16.6. The molecule has 0 amide bonds. The zero-order valence-corrected chi connectivity index (χ0v) is 20.1. The molecular weight excluding hydrogens is 438 g/mol. The van der Waals surface area contributed by atoms with Crippen molar-refractivity contribution in [3.63, 3.8) is 0 Å². The van der Waals surface area contributed by atoms with E-state index in [1.807, 2.05) is 54.8 Å². The summed E-state index contributed by atoms with van der Waals surface area (Å²) in [6.45, 7) is 3.90. The molecule has 1 aliphatic heterocycles. The van der Waals surface area contributed by atoms with Crippen LogP contribution >= 0.6 is 0 Å². The number of benzene rings is 1. The molecule has 1 saturated carbocycles. The average Bonchev–Trinajstić information content (AvgIpc) is 3.59. The van der Waals surface area contributed by atoms with Gasteiger partial charge in [-0.2, -0.15) is 10.2 Å². The predicted molar refractivity (Wildman–Crippen MR) is 135 cm³/mol. The Morgan fingerprint density at radius 2 is 1.43 bits per heavy atom. The molecule has 4 aromatic rings. The normalized spacial score (nSPS) is 21.3. The largest absolute Gasteiger partial charge is 0.379 e.